The van der Waals surface area contributed by atoms with E-state index in [-0.39, 0.29) is 6.42 Å². The fourth-order valence-corrected chi connectivity index (χ4v) is 3.78. The number of fused-ring (bicyclic) bond motifs is 1. The summed E-state index contributed by atoms with van der Waals surface area (Å²) >= 11 is 1.25. The number of benzene rings is 1. The third-order valence-electron chi connectivity index (χ3n) is 4.68. The molecule has 0 aliphatic carbocycles. The molecule has 3 heterocycles. The van der Waals surface area contributed by atoms with Gasteiger partial charge in [0, 0.05) is 23.6 Å². The summed E-state index contributed by atoms with van der Waals surface area (Å²) in [4.78, 5) is 44.0. The second-order valence-electron chi connectivity index (χ2n) is 6.38. The van der Waals surface area contributed by atoms with Crippen LogP contribution in [0.4, 0.5) is 5.13 Å². The van der Waals surface area contributed by atoms with Crippen LogP contribution in [0.25, 0.3) is 0 Å². The molecule has 3 amide bonds. The quantitative estimate of drug-likeness (QED) is 0.665. The zero-order valence-corrected chi connectivity index (χ0v) is 15.9. The number of nitrogens with zero attached hydrogens (tertiary/aromatic N) is 3. The molecule has 0 saturated carbocycles. The predicted molar refractivity (Wildman–Crippen MR) is 101 cm³/mol. The molecule has 1 aromatic carbocycles. The first-order valence-electron chi connectivity index (χ1n) is 8.56. The molecule has 0 fully saturated rings. The number of carbonyl (C=O) groups excluding carboxylic acids is 3. The van der Waals surface area contributed by atoms with Gasteiger partial charge in [0.1, 0.15) is 11.8 Å². The number of amides is 3. The van der Waals surface area contributed by atoms with Crippen molar-refractivity contribution in [3.05, 3.63) is 64.0 Å². The van der Waals surface area contributed by atoms with Crippen molar-refractivity contribution in [2.45, 2.75) is 26.3 Å². The minimum atomic E-state index is -1.06. The van der Waals surface area contributed by atoms with Crippen LogP contribution >= 0.6 is 11.3 Å². The van der Waals surface area contributed by atoms with Crippen molar-refractivity contribution >= 4 is 34.2 Å². The molecule has 0 radical (unpaired) electrons. The molecule has 28 heavy (non-hydrogen) atoms. The van der Waals surface area contributed by atoms with Crippen molar-refractivity contribution in [1.82, 2.24) is 15.0 Å². The summed E-state index contributed by atoms with van der Waals surface area (Å²) in [5.41, 5.74) is 1.88. The maximum Gasteiger partial charge on any atom is 0.262 e. The highest BCUT2D eigenvalue weighted by atomic mass is 32.1. The molecule has 3 aromatic rings. The highest BCUT2D eigenvalue weighted by Crippen LogP contribution is 2.28. The fourth-order valence-electron chi connectivity index (χ4n) is 3.25. The molecule has 1 aliphatic heterocycles. The highest BCUT2D eigenvalue weighted by Gasteiger charge is 2.43. The SMILES string of the molecule is Cc1noc(C)c1CC(C(=O)Nc1nccs1)N1C(=O)c2ccccc2C1=O. The summed E-state index contributed by atoms with van der Waals surface area (Å²) in [6.07, 6.45) is 1.66. The average Bonchev–Trinajstić information content (AvgIpc) is 3.37. The third-order valence-corrected chi connectivity index (χ3v) is 5.37. The normalized spacial score (nSPS) is 14.3. The lowest BCUT2D eigenvalue weighted by Gasteiger charge is -2.25. The van der Waals surface area contributed by atoms with E-state index in [0.29, 0.717) is 33.3 Å². The zero-order valence-electron chi connectivity index (χ0n) is 15.1. The third kappa shape index (κ3) is 2.99. The van der Waals surface area contributed by atoms with Gasteiger partial charge >= 0.3 is 0 Å². The molecule has 142 valence electrons. The molecule has 9 heteroatoms. The molecule has 4 rings (SSSR count). The number of imide groups is 1. The van der Waals surface area contributed by atoms with Gasteiger partial charge in [0.15, 0.2) is 5.13 Å². The molecule has 0 bridgehead atoms. The van der Waals surface area contributed by atoms with Gasteiger partial charge in [0.05, 0.1) is 16.8 Å². The van der Waals surface area contributed by atoms with E-state index in [1.165, 1.54) is 11.3 Å². The minimum absolute atomic E-state index is 0.101. The number of rotatable bonds is 5. The van der Waals surface area contributed by atoms with Crippen LogP contribution in [0.2, 0.25) is 0 Å². The summed E-state index contributed by atoms with van der Waals surface area (Å²) in [5, 5.41) is 8.71. The Morgan fingerprint density at radius 3 is 2.43 bits per heavy atom. The predicted octanol–water partition coefficient (Wildman–Crippen LogP) is 2.59. The van der Waals surface area contributed by atoms with E-state index in [4.69, 9.17) is 4.52 Å². The van der Waals surface area contributed by atoms with Gasteiger partial charge in [-0.3, -0.25) is 19.3 Å². The van der Waals surface area contributed by atoms with Crippen LogP contribution in [-0.2, 0) is 11.2 Å². The first-order valence-corrected chi connectivity index (χ1v) is 9.44. The molecule has 1 unspecified atom stereocenters. The van der Waals surface area contributed by atoms with E-state index < -0.39 is 23.8 Å². The van der Waals surface area contributed by atoms with Crippen LogP contribution in [0.15, 0.2) is 40.4 Å². The Kier molecular flexibility index (Phi) is 4.52. The summed E-state index contributed by atoms with van der Waals surface area (Å²) in [6.45, 7) is 3.48. The van der Waals surface area contributed by atoms with Crippen LogP contribution in [0, 0.1) is 13.8 Å². The molecule has 1 atom stereocenters. The van der Waals surface area contributed by atoms with Gasteiger partial charge in [-0.2, -0.15) is 0 Å². The highest BCUT2D eigenvalue weighted by molar-refractivity contribution is 7.13. The summed E-state index contributed by atoms with van der Waals surface area (Å²) < 4.78 is 5.18. The summed E-state index contributed by atoms with van der Waals surface area (Å²) in [7, 11) is 0. The van der Waals surface area contributed by atoms with E-state index >= 15 is 0 Å². The molecular weight excluding hydrogens is 380 g/mol. The maximum absolute atomic E-state index is 13.0. The average molecular weight is 396 g/mol. The van der Waals surface area contributed by atoms with Crippen molar-refractivity contribution in [2.24, 2.45) is 0 Å². The van der Waals surface area contributed by atoms with Crippen molar-refractivity contribution in [3.63, 3.8) is 0 Å². The van der Waals surface area contributed by atoms with Gasteiger partial charge < -0.3 is 9.84 Å². The van der Waals surface area contributed by atoms with E-state index in [0.717, 1.165) is 4.90 Å². The molecular formula is C19H16N4O4S. The lowest BCUT2D eigenvalue weighted by molar-refractivity contribution is -0.119. The van der Waals surface area contributed by atoms with E-state index in [2.05, 4.69) is 15.5 Å². The van der Waals surface area contributed by atoms with Gasteiger partial charge in [0.2, 0.25) is 5.91 Å². The number of aromatic nitrogens is 2. The number of anilines is 1. The molecule has 0 spiro atoms. The van der Waals surface area contributed by atoms with Crippen LogP contribution in [0.5, 0.6) is 0 Å². The van der Waals surface area contributed by atoms with Crippen molar-refractivity contribution in [2.75, 3.05) is 5.32 Å². The van der Waals surface area contributed by atoms with Gasteiger partial charge in [-0.1, -0.05) is 17.3 Å². The van der Waals surface area contributed by atoms with Crippen LogP contribution in [-0.4, -0.2) is 38.8 Å². The summed E-state index contributed by atoms with van der Waals surface area (Å²) in [5.74, 6) is -0.941. The van der Waals surface area contributed by atoms with Gasteiger partial charge in [-0.05, 0) is 26.0 Å². The van der Waals surface area contributed by atoms with Gasteiger partial charge in [-0.25, -0.2) is 4.98 Å². The molecule has 0 saturated heterocycles. The monoisotopic (exact) mass is 396 g/mol. The first-order chi connectivity index (χ1) is 13.5. The van der Waals surface area contributed by atoms with Crippen LogP contribution in [0.1, 0.15) is 37.7 Å². The number of thiazole rings is 1. The van der Waals surface area contributed by atoms with Crippen LogP contribution < -0.4 is 5.32 Å². The topological polar surface area (TPSA) is 105 Å². The first kappa shape index (κ1) is 18.1. The number of nitrogens with one attached hydrogen (secondary N) is 1. The van der Waals surface area contributed by atoms with E-state index in [9.17, 15) is 14.4 Å². The minimum Gasteiger partial charge on any atom is -0.361 e. The van der Waals surface area contributed by atoms with Gasteiger partial charge in [-0.15, -0.1) is 11.3 Å². The second-order valence-corrected chi connectivity index (χ2v) is 7.27. The summed E-state index contributed by atoms with van der Waals surface area (Å²) in [6, 6.07) is 5.48. The number of hydrogen-bond donors (Lipinski definition) is 1. The smallest absolute Gasteiger partial charge is 0.262 e. The Morgan fingerprint density at radius 1 is 1.21 bits per heavy atom. The van der Waals surface area contributed by atoms with E-state index in [1.807, 2.05) is 0 Å². The zero-order chi connectivity index (χ0) is 19.8. The fraction of sp³-hybridized carbons (Fsp3) is 0.211. The maximum atomic E-state index is 13.0. The van der Waals surface area contributed by atoms with Crippen molar-refractivity contribution in [3.8, 4) is 0 Å². The van der Waals surface area contributed by atoms with Crippen LogP contribution in [0.3, 0.4) is 0 Å². The number of hydrogen-bond acceptors (Lipinski definition) is 7. The lowest BCUT2D eigenvalue weighted by atomic mass is 10.0. The molecule has 1 aliphatic rings. The number of carbonyl (C=O) groups is 3. The Balaban J connectivity index is 1.72. The van der Waals surface area contributed by atoms with Gasteiger partial charge in [0.25, 0.3) is 11.8 Å². The Hall–Kier alpha value is -3.33. The van der Waals surface area contributed by atoms with E-state index in [1.54, 1.807) is 49.7 Å². The Labute approximate surface area is 164 Å². The largest absolute Gasteiger partial charge is 0.361 e. The Bertz CT molecular complexity index is 1020. The molecule has 1 N–H and O–H groups in total. The Morgan fingerprint density at radius 2 is 1.89 bits per heavy atom. The molecule has 2 aromatic heterocycles. The molecule has 8 nitrogen and oxygen atoms in total. The lowest BCUT2D eigenvalue weighted by Crippen LogP contribution is -2.48. The number of aryl methyl sites for hydroxylation is 2. The van der Waals surface area contributed by atoms with Crippen molar-refractivity contribution < 1.29 is 18.9 Å². The van der Waals surface area contributed by atoms with Crippen molar-refractivity contribution in [1.29, 1.82) is 0 Å². The second kappa shape index (κ2) is 7.01. The standard InChI is InChI=1S/C19H16N4O4S/c1-10-14(11(2)27-22-10)9-15(16(24)21-19-20-7-8-28-19)23-17(25)12-5-3-4-6-13(12)18(23)26/h3-8,15H,9H2,1-2H3,(H,20,21,24).